The molecule has 1 aliphatic rings. The van der Waals surface area contributed by atoms with Crippen molar-refractivity contribution in [3.8, 4) is 0 Å². The highest BCUT2D eigenvalue weighted by atomic mass is 35.5. The van der Waals surface area contributed by atoms with E-state index >= 15 is 0 Å². The van der Waals surface area contributed by atoms with E-state index in [1.54, 1.807) is 12.3 Å². The number of carbonyl (C=O) groups is 1. The summed E-state index contributed by atoms with van der Waals surface area (Å²) in [4.78, 5) is 24.2. The smallest absolute Gasteiger partial charge is 0.235 e. The molecule has 1 amide bonds. The van der Waals surface area contributed by atoms with Crippen molar-refractivity contribution in [3.05, 3.63) is 101 Å². The van der Waals surface area contributed by atoms with Gasteiger partial charge < -0.3 is 0 Å². The fourth-order valence-electron chi connectivity index (χ4n) is 4.52. The highest BCUT2D eigenvalue weighted by Crippen LogP contribution is 2.52. The maximum atomic E-state index is 13.9. The Morgan fingerprint density at radius 3 is 2.55 bits per heavy atom. The molecule has 1 fully saturated rings. The van der Waals surface area contributed by atoms with Crippen LogP contribution in [0.4, 0.5) is 5.82 Å². The van der Waals surface area contributed by atoms with Gasteiger partial charge in [-0.2, -0.15) is 0 Å². The molecule has 0 saturated carbocycles. The first-order valence-electron chi connectivity index (χ1n) is 10.1. The molecule has 158 valence electrons. The lowest BCUT2D eigenvalue weighted by Gasteiger charge is -2.48. The van der Waals surface area contributed by atoms with Crippen molar-refractivity contribution >= 4 is 34.9 Å². The first-order chi connectivity index (χ1) is 14.9. The normalized spacial score (nSPS) is 23.6. The molecule has 1 saturated heterocycles. The van der Waals surface area contributed by atoms with Crippen LogP contribution in [0.25, 0.3) is 0 Å². The zero-order valence-electron chi connectivity index (χ0n) is 17.2. The van der Waals surface area contributed by atoms with Crippen LogP contribution in [-0.2, 0) is 4.79 Å². The summed E-state index contributed by atoms with van der Waals surface area (Å²) >= 11 is 12.5. The summed E-state index contributed by atoms with van der Waals surface area (Å²) in [6.45, 7) is 5.90. The fourth-order valence-corrected chi connectivity index (χ4v) is 4.85. The summed E-state index contributed by atoms with van der Waals surface area (Å²) in [5.41, 5.74) is 1.44. The SMILES string of the molecule is C=CC[C@@]1(C)CC(c2cccc(Cl)c2)C(c2ccc(Cl)cc2)N(c2ccncn2)C1=O. The van der Waals surface area contributed by atoms with E-state index in [-0.39, 0.29) is 17.9 Å². The zero-order valence-corrected chi connectivity index (χ0v) is 18.7. The number of hydrogen-bond acceptors (Lipinski definition) is 3. The summed E-state index contributed by atoms with van der Waals surface area (Å²) in [6, 6.07) is 17.0. The predicted molar refractivity (Wildman–Crippen MR) is 125 cm³/mol. The number of rotatable bonds is 5. The lowest BCUT2D eigenvalue weighted by Crippen LogP contribution is -2.52. The lowest BCUT2D eigenvalue weighted by molar-refractivity contribution is -0.131. The fraction of sp³-hybridized carbons (Fsp3) is 0.240. The van der Waals surface area contributed by atoms with Gasteiger partial charge in [-0.1, -0.05) is 60.5 Å². The van der Waals surface area contributed by atoms with Crippen molar-refractivity contribution in [1.29, 1.82) is 0 Å². The van der Waals surface area contributed by atoms with Crippen LogP contribution in [0.5, 0.6) is 0 Å². The first kappa shape index (κ1) is 21.5. The van der Waals surface area contributed by atoms with Crippen LogP contribution < -0.4 is 4.90 Å². The highest BCUT2D eigenvalue weighted by molar-refractivity contribution is 6.30. The Morgan fingerprint density at radius 1 is 1.13 bits per heavy atom. The first-order valence-corrected chi connectivity index (χ1v) is 10.9. The van der Waals surface area contributed by atoms with E-state index in [9.17, 15) is 4.79 Å². The van der Waals surface area contributed by atoms with Gasteiger partial charge in [0.05, 0.1) is 11.5 Å². The molecular formula is C25H23Cl2N3O. The molecular weight excluding hydrogens is 429 g/mol. The molecule has 3 atom stereocenters. The molecule has 4 rings (SSSR count). The number of aromatic nitrogens is 2. The quantitative estimate of drug-likeness (QED) is 0.409. The monoisotopic (exact) mass is 451 g/mol. The molecule has 0 bridgehead atoms. The van der Waals surface area contributed by atoms with Crippen LogP contribution in [0.2, 0.25) is 10.0 Å². The number of piperidine rings is 1. The van der Waals surface area contributed by atoms with Crippen molar-refractivity contribution in [1.82, 2.24) is 9.97 Å². The van der Waals surface area contributed by atoms with Gasteiger partial charge >= 0.3 is 0 Å². The molecule has 4 nitrogen and oxygen atoms in total. The molecule has 1 aromatic heterocycles. The number of anilines is 1. The van der Waals surface area contributed by atoms with Crippen molar-refractivity contribution in [3.63, 3.8) is 0 Å². The molecule has 1 aliphatic heterocycles. The second-order valence-corrected chi connectivity index (χ2v) is 9.03. The van der Waals surface area contributed by atoms with Gasteiger partial charge in [0.2, 0.25) is 5.91 Å². The molecule has 3 aromatic rings. The molecule has 0 radical (unpaired) electrons. The number of benzene rings is 2. The minimum atomic E-state index is -0.622. The van der Waals surface area contributed by atoms with Crippen molar-refractivity contribution in [2.45, 2.75) is 31.7 Å². The van der Waals surface area contributed by atoms with E-state index in [1.165, 1.54) is 6.33 Å². The Labute approximate surface area is 192 Å². The van der Waals surface area contributed by atoms with Crippen LogP contribution in [0.1, 0.15) is 42.9 Å². The minimum Gasteiger partial charge on any atom is -0.288 e. The average molecular weight is 452 g/mol. The molecule has 2 aromatic carbocycles. The summed E-state index contributed by atoms with van der Waals surface area (Å²) in [6.07, 6.45) is 6.16. The van der Waals surface area contributed by atoms with Gasteiger partial charge in [-0.3, -0.25) is 9.69 Å². The van der Waals surface area contributed by atoms with Gasteiger partial charge in [0.1, 0.15) is 12.1 Å². The third kappa shape index (κ3) is 4.23. The third-order valence-electron chi connectivity index (χ3n) is 5.96. The van der Waals surface area contributed by atoms with Crippen LogP contribution in [0.3, 0.4) is 0 Å². The lowest BCUT2D eigenvalue weighted by atomic mass is 9.67. The molecule has 0 aliphatic carbocycles. The van der Waals surface area contributed by atoms with E-state index in [4.69, 9.17) is 23.2 Å². The van der Waals surface area contributed by atoms with Gasteiger partial charge in [-0.15, -0.1) is 6.58 Å². The number of allylic oxidation sites excluding steroid dienone is 1. The Hall–Kier alpha value is -2.69. The topological polar surface area (TPSA) is 46.1 Å². The van der Waals surface area contributed by atoms with E-state index in [0.717, 1.165) is 11.1 Å². The number of nitrogens with zero attached hydrogens (tertiary/aromatic N) is 3. The minimum absolute atomic E-state index is 0.00232. The maximum absolute atomic E-state index is 13.9. The second kappa shape index (κ2) is 8.81. The molecule has 0 spiro atoms. The van der Waals surface area contributed by atoms with Crippen molar-refractivity contribution in [2.24, 2.45) is 5.41 Å². The van der Waals surface area contributed by atoms with E-state index < -0.39 is 5.41 Å². The van der Waals surface area contributed by atoms with Gasteiger partial charge in [-0.05, 0) is 54.3 Å². The number of hydrogen-bond donors (Lipinski definition) is 0. The van der Waals surface area contributed by atoms with Gasteiger partial charge in [-0.25, -0.2) is 9.97 Å². The average Bonchev–Trinajstić information content (AvgIpc) is 2.77. The number of amides is 1. The van der Waals surface area contributed by atoms with Crippen LogP contribution in [0.15, 0.2) is 79.8 Å². The van der Waals surface area contributed by atoms with Crippen LogP contribution in [0, 0.1) is 5.41 Å². The second-order valence-electron chi connectivity index (χ2n) is 8.16. The molecule has 2 unspecified atom stereocenters. The standard InChI is InChI=1S/C25H23Cl2N3O/c1-3-12-25(2)15-21(18-5-4-6-20(27)14-18)23(17-7-9-19(26)10-8-17)30(24(25)31)22-11-13-28-16-29-22/h3-11,13-14,16,21,23H,1,12,15H2,2H3/t21?,23?,25-/m0/s1. The van der Waals surface area contributed by atoms with Crippen LogP contribution >= 0.6 is 23.2 Å². The largest absolute Gasteiger partial charge is 0.288 e. The summed E-state index contributed by atoms with van der Waals surface area (Å²) in [5.74, 6) is 0.587. The van der Waals surface area contributed by atoms with E-state index in [2.05, 4.69) is 22.6 Å². The maximum Gasteiger partial charge on any atom is 0.235 e. The molecule has 6 heteroatoms. The Balaban J connectivity index is 1.94. The van der Waals surface area contributed by atoms with Crippen molar-refractivity contribution in [2.75, 3.05) is 4.90 Å². The molecule has 31 heavy (non-hydrogen) atoms. The summed E-state index contributed by atoms with van der Waals surface area (Å²) in [7, 11) is 0. The third-order valence-corrected chi connectivity index (χ3v) is 6.45. The van der Waals surface area contributed by atoms with Gasteiger partial charge in [0.15, 0.2) is 0 Å². The van der Waals surface area contributed by atoms with Crippen molar-refractivity contribution < 1.29 is 4.79 Å². The Bertz CT molecular complexity index is 1090. The van der Waals surface area contributed by atoms with E-state index in [0.29, 0.717) is 28.7 Å². The van der Waals surface area contributed by atoms with Gasteiger partial charge in [0.25, 0.3) is 0 Å². The highest BCUT2D eigenvalue weighted by Gasteiger charge is 2.50. The van der Waals surface area contributed by atoms with Gasteiger partial charge in [0, 0.05) is 22.2 Å². The molecule has 2 heterocycles. The summed E-state index contributed by atoms with van der Waals surface area (Å²) < 4.78 is 0. The van der Waals surface area contributed by atoms with E-state index in [1.807, 2.05) is 60.4 Å². The Morgan fingerprint density at radius 2 is 1.90 bits per heavy atom. The predicted octanol–water partition coefficient (Wildman–Crippen LogP) is 6.63. The Kier molecular flexibility index (Phi) is 6.12. The zero-order chi connectivity index (χ0) is 22.0. The summed E-state index contributed by atoms with van der Waals surface area (Å²) in [5, 5.41) is 1.32. The molecule has 0 N–H and O–H groups in total. The van der Waals surface area contributed by atoms with Crippen LogP contribution in [-0.4, -0.2) is 15.9 Å². The number of carbonyl (C=O) groups excluding carboxylic acids is 1. The number of halogens is 2.